The van der Waals surface area contributed by atoms with Crippen LogP contribution in [0.3, 0.4) is 0 Å². The number of carbonyl (C=O) groups is 1. The summed E-state index contributed by atoms with van der Waals surface area (Å²) in [5.41, 5.74) is 1.99. The molecule has 0 bridgehead atoms. The Morgan fingerprint density at radius 2 is 1.78 bits per heavy atom. The topological polar surface area (TPSA) is 108 Å². The summed E-state index contributed by atoms with van der Waals surface area (Å²) in [4.78, 5) is 14.2. The van der Waals surface area contributed by atoms with E-state index in [2.05, 4.69) is 23.5 Å². The largest absolute Gasteiger partial charge is 0.494 e. The average molecular weight is 713 g/mol. The first kappa shape index (κ1) is 37.7. The van der Waals surface area contributed by atoms with E-state index >= 15 is 0 Å². The van der Waals surface area contributed by atoms with Crippen LogP contribution in [-0.2, 0) is 27.1 Å². The van der Waals surface area contributed by atoms with Crippen LogP contribution < -0.4 is 19.5 Å². The van der Waals surface area contributed by atoms with Gasteiger partial charge in [-0.3, -0.25) is 0 Å². The molecule has 0 radical (unpaired) electrons. The van der Waals surface area contributed by atoms with E-state index in [1.54, 1.807) is 12.1 Å². The Morgan fingerprint density at radius 1 is 1.02 bits per heavy atom. The molecule has 3 heterocycles. The van der Waals surface area contributed by atoms with Crippen molar-refractivity contribution < 1.29 is 42.7 Å². The van der Waals surface area contributed by atoms with Gasteiger partial charge < -0.3 is 38.8 Å². The average Bonchev–Trinajstić information content (AvgIpc) is 3.83. The van der Waals surface area contributed by atoms with E-state index in [-0.39, 0.29) is 38.9 Å². The first-order valence-corrected chi connectivity index (χ1v) is 17.7. The number of fused-ring (bicyclic) bond motifs is 2. The zero-order valence-electron chi connectivity index (χ0n) is 27.9. The van der Waals surface area contributed by atoms with Gasteiger partial charge in [0.15, 0.2) is 17.8 Å². The van der Waals surface area contributed by atoms with Crippen LogP contribution in [0.25, 0.3) is 0 Å². The summed E-state index contributed by atoms with van der Waals surface area (Å²) in [6.45, 7) is 6.86. The highest BCUT2D eigenvalue weighted by molar-refractivity contribution is 7.97. The second-order valence-corrected chi connectivity index (χ2v) is 14.2. The summed E-state index contributed by atoms with van der Waals surface area (Å²) in [5.74, 6) is 2.24. The molecule has 2 N–H and O–H groups in total. The number of nitrogens with zero attached hydrogens (tertiary/aromatic N) is 1. The van der Waals surface area contributed by atoms with Crippen molar-refractivity contribution in [1.29, 1.82) is 0 Å². The molecule has 6 rings (SSSR count). The Bertz CT molecular complexity index is 1510. The molecule has 3 aromatic carbocycles. The quantitative estimate of drug-likeness (QED) is 0.124. The van der Waals surface area contributed by atoms with Crippen LogP contribution in [0, 0.1) is 17.7 Å². The molecule has 1 amide bonds. The van der Waals surface area contributed by atoms with Gasteiger partial charge in [0.05, 0.1) is 37.9 Å². The third-order valence-corrected chi connectivity index (χ3v) is 9.74. The van der Waals surface area contributed by atoms with E-state index in [1.165, 1.54) is 24.1 Å². The zero-order valence-corrected chi connectivity index (χ0v) is 28.7. The fourth-order valence-corrected chi connectivity index (χ4v) is 7.41. The first-order valence-electron chi connectivity index (χ1n) is 17.0. The number of ether oxygens (including phenoxy) is 6. The molecule has 12 heteroatoms. The van der Waals surface area contributed by atoms with Crippen LogP contribution in [0.5, 0.6) is 17.2 Å². The Morgan fingerprint density at radius 3 is 2.56 bits per heavy atom. The molecule has 10 nitrogen and oxygen atoms in total. The SMILES string of the molecule is C.CC(C)CN(C[C@@H](O)[C@H](Cc1ccc(OCCCc2ccc(F)cc2)cc1)NC(=O)O[C@H]1COC2OCCC21)Sc1ccc2c(c1)OCO2. The van der Waals surface area contributed by atoms with Gasteiger partial charge >= 0.3 is 6.09 Å². The molecule has 3 aromatic rings. The number of nitrogens with one attached hydrogen (secondary N) is 1. The van der Waals surface area contributed by atoms with Crippen molar-refractivity contribution in [2.24, 2.45) is 11.8 Å². The number of hydrogen-bond acceptors (Lipinski definition) is 10. The molecule has 0 aliphatic carbocycles. The number of rotatable bonds is 16. The van der Waals surface area contributed by atoms with Gasteiger partial charge in [0.25, 0.3) is 0 Å². The maximum absolute atomic E-state index is 13.3. The van der Waals surface area contributed by atoms with E-state index in [0.29, 0.717) is 50.1 Å². The van der Waals surface area contributed by atoms with E-state index < -0.39 is 24.3 Å². The van der Waals surface area contributed by atoms with Crippen molar-refractivity contribution in [3.8, 4) is 17.2 Å². The Labute approximate surface area is 298 Å². The molecular formula is C38H49FN2O8S. The third-order valence-electron chi connectivity index (χ3n) is 8.72. The number of aliphatic hydroxyl groups is 1. The van der Waals surface area contributed by atoms with Gasteiger partial charge in [-0.15, -0.1) is 0 Å². The molecular weight excluding hydrogens is 663 g/mol. The molecule has 0 aromatic heterocycles. The molecule has 0 spiro atoms. The molecule has 3 aliphatic heterocycles. The van der Waals surface area contributed by atoms with E-state index in [0.717, 1.165) is 41.0 Å². The minimum atomic E-state index is -0.919. The fourth-order valence-electron chi connectivity index (χ4n) is 6.22. The second kappa shape index (κ2) is 18.1. The van der Waals surface area contributed by atoms with Crippen molar-refractivity contribution in [3.63, 3.8) is 0 Å². The fraction of sp³-hybridized carbons (Fsp3) is 0.500. The number of aliphatic hydroxyl groups excluding tert-OH is 1. The van der Waals surface area contributed by atoms with Crippen LogP contribution in [0.4, 0.5) is 9.18 Å². The highest BCUT2D eigenvalue weighted by Crippen LogP contribution is 2.37. The molecule has 2 unspecified atom stereocenters. The Hall–Kier alpha value is -3.55. The molecule has 5 atom stereocenters. The van der Waals surface area contributed by atoms with Crippen molar-refractivity contribution >= 4 is 18.0 Å². The van der Waals surface area contributed by atoms with Crippen LogP contribution in [0.15, 0.2) is 71.6 Å². The highest BCUT2D eigenvalue weighted by Gasteiger charge is 2.44. The molecule has 50 heavy (non-hydrogen) atoms. The van der Waals surface area contributed by atoms with Crippen LogP contribution in [0.2, 0.25) is 0 Å². The highest BCUT2D eigenvalue weighted by atomic mass is 32.2. The maximum Gasteiger partial charge on any atom is 0.407 e. The summed E-state index contributed by atoms with van der Waals surface area (Å²) in [6, 6.07) is 19.4. The summed E-state index contributed by atoms with van der Waals surface area (Å²) in [6.07, 6.45) is 0.497. The lowest BCUT2D eigenvalue weighted by molar-refractivity contribution is -0.0907. The minimum Gasteiger partial charge on any atom is -0.494 e. The summed E-state index contributed by atoms with van der Waals surface area (Å²) >= 11 is 1.53. The van der Waals surface area contributed by atoms with Crippen LogP contribution in [-0.4, -0.2) is 79.7 Å². The summed E-state index contributed by atoms with van der Waals surface area (Å²) < 4.78 is 49.3. The lowest BCUT2D eigenvalue weighted by Crippen LogP contribution is -2.50. The number of aryl methyl sites for hydroxylation is 1. The lowest BCUT2D eigenvalue weighted by Gasteiger charge is -2.30. The number of carbonyl (C=O) groups excluding carboxylic acids is 1. The van der Waals surface area contributed by atoms with Crippen LogP contribution in [0.1, 0.15) is 45.2 Å². The van der Waals surface area contributed by atoms with E-state index in [9.17, 15) is 14.3 Å². The Balaban J connectivity index is 0.00000486. The van der Waals surface area contributed by atoms with E-state index in [4.69, 9.17) is 28.4 Å². The maximum atomic E-state index is 13.3. The van der Waals surface area contributed by atoms with Gasteiger partial charge in [0.1, 0.15) is 17.7 Å². The normalized spacial score (nSPS) is 20.3. The predicted octanol–water partition coefficient (Wildman–Crippen LogP) is 6.63. The second-order valence-electron chi connectivity index (χ2n) is 13.1. The van der Waals surface area contributed by atoms with Crippen LogP contribution >= 0.6 is 11.9 Å². The smallest absolute Gasteiger partial charge is 0.407 e. The van der Waals surface area contributed by atoms with Crippen molar-refractivity contribution in [2.45, 2.75) is 76.4 Å². The summed E-state index contributed by atoms with van der Waals surface area (Å²) in [5, 5.41) is 14.7. The lowest BCUT2D eigenvalue weighted by atomic mass is 10.0. The predicted molar refractivity (Wildman–Crippen MR) is 189 cm³/mol. The number of benzene rings is 3. The molecule has 2 fully saturated rings. The third kappa shape index (κ3) is 10.5. The molecule has 3 aliphatic rings. The zero-order chi connectivity index (χ0) is 34.2. The van der Waals surface area contributed by atoms with Gasteiger partial charge in [-0.05, 0) is 97.1 Å². The van der Waals surface area contributed by atoms with Gasteiger partial charge in [0, 0.05) is 18.0 Å². The minimum absolute atomic E-state index is 0. The number of hydrogen-bond donors (Lipinski definition) is 2. The first-order chi connectivity index (χ1) is 23.8. The molecule has 0 saturated carbocycles. The number of halogens is 1. The van der Waals surface area contributed by atoms with Gasteiger partial charge in [-0.25, -0.2) is 13.5 Å². The monoisotopic (exact) mass is 712 g/mol. The van der Waals surface area contributed by atoms with E-state index in [1.807, 2.05) is 42.5 Å². The standard InChI is InChI=1S/C37H45FN2O8S.CH4/c1-24(2)20-40(49-29-13-14-33-34(19-29)47-23-46-33)21-32(41)31(39-37(42)48-35-22-45-36-30(35)15-17-44-36)18-26-7-11-28(12-8-26)43-16-3-4-25-5-9-27(38)10-6-25;/h5-14,19,24,30-32,35-36,41H,3-4,15-18,20-23H2,1-2H3,(H,39,42);1H4/t30?,31-,32+,35-,36?;/m0./s1. The van der Waals surface area contributed by atoms with Crippen molar-refractivity contribution in [1.82, 2.24) is 9.62 Å². The van der Waals surface area contributed by atoms with Crippen molar-refractivity contribution in [2.75, 3.05) is 39.7 Å². The van der Waals surface area contributed by atoms with Gasteiger partial charge in [-0.1, -0.05) is 45.5 Å². The van der Waals surface area contributed by atoms with Gasteiger partial charge in [0.2, 0.25) is 6.79 Å². The van der Waals surface area contributed by atoms with Crippen molar-refractivity contribution in [3.05, 3.63) is 83.7 Å². The van der Waals surface area contributed by atoms with Gasteiger partial charge in [-0.2, -0.15) is 0 Å². The number of amides is 1. The molecule has 272 valence electrons. The Kier molecular flexibility index (Phi) is 13.6. The summed E-state index contributed by atoms with van der Waals surface area (Å²) in [7, 11) is 0. The molecule has 2 saturated heterocycles. The number of alkyl carbamates (subject to hydrolysis) is 1.